The van der Waals surface area contributed by atoms with Gasteiger partial charge in [-0.05, 0) is 30.3 Å². The van der Waals surface area contributed by atoms with E-state index in [-0.39, 0.29) is 16.2 Å². The van der Waals surface area contributed by atoms with Gasteiger partial charge >= 0.3 is 0 Å². The highest BCUT2D eigenvalue weighted by Crippen LogP contribution is 2.33. The minimum atomic E-state index is -0.667. The number of anilines is 1. The number of nitrogens with zero attached hydrogens (tertiary/aromatic N) is 3. The highest BCUT2D eigenvalue weighted by molar-refractivity contribution is 6.31. The zero-order valence-electron chi connectivity index (χ0n) is 13.8. The van der Waals surface area contributed by atoms with Crippen LogP contribution in [0.1, 0.15) is 5.56 Å². The van der Waals surface area contributed by atoms with Gasteiger partial charge in [0.1, 0.15) is 22.6 Å². The number of nitrogen functional groups attached to an aromatic ring is 1. The predicted octanol–water partition coefficient (Wildman–Crippen LogP) is 3.19. The minimum Gasteiger partial charge on any atom is -0.504 e. The summed E-state index contributed by atoms with van der Waals surface area (Å²) in [4.78, 5) is 18.7. The number of aromatic nitrogens is 3. The second-order valence-electron chi connectivity index (χ2n) is 5.85. The van der Waals surface area contributed by atoms with Gasteiger partial charge in [-0.3, -0.25) is 9.36 Å². The predicted molar refractivity (Wildman–Crippen MR) is 103 cm³/mol. The van der Waals surface area contributed by atoms with E-state index in [0.29, 0.717) is 17.0 Å². The van der Waals surface area contributed by atoms with Crippen molar-refractivity contribution >= 4 is 28.5 Å². The van der Waals surface area contributed by atoms with Crippen LogP contribution < -0.4 is 11.3 Å². The number of halogens is 1. The number of rotatable bonds is 2. The van der Waals surface area contributed by atoms with Gasteiger partial charge in [-0.1, -0.05) is 29.8 Å². The molecule has 0 radical (unpaired) electrons. The average Bonchev–Trinajstić information content (AvgIpc) is 2.98. The lowest BCUT2D eigenvalue weighted by molar-refractivity contribution is 0.476. The Bertz CT molecular complexity index is 1280. The molecular formula is C19H12ClN5O2. The van der Waals surface area contributed by atoms with E-state index in [1.54, 1.807) is 28.8 Å². The quantitative estimate of drug-likeness (QED) is 0.495. The van der Waals surface area contributed by atoms with Gasteiger partial charge in [0.15, 0.2) is 11.3 Å². The highest BCUT2D eigenvalue weighted by atomic mass is 35.5. The van der Waals surface area contributed by atoms with Crippen molar-refractivity contribution in [2.45, 2.75) is 0 Å². The van der Waals surface area contributed by atoms with E-state index in [1.165, 1.54) is 6.07 Å². The van der Waals surface area contributed by atoms with Crippen LogP contribution in [0, 0.1) is 11.3 Å². The minimum absolute atomic E-state index is 0.256. The molecule has 1 aromatic carbocycles. The van der Waals surface area contributed by atoms with Crippen molar-refractivity contribution in [2.24, 2.45) is 0 Å². The van der Waals surface area contributed by atoms with E-state index >= 15 is 0 Å². The number of H-pyrrole nitrogens is 1. The van der Waals surface area contributed by atoms with Crippen LogP contribution in [0.4, 0.5) is 5.82 Å². The summed E-state index contributed by atoms with van der Waals surface area (Å²) in [5.74, 6) is 0.0126. The Hall–Kier alpha value is -3.76. The Morgan fingerprint density at radius 2 is 1.96 bits per heavy atom. The summed E-state index contributed by atoms with van der Waals surface area (Å²) in [6.07, 6.45) is 0. The molecule has 3 aromatic heterocycles. The molecule has 0 bridgehead atoms. The highest BCUT2D eigenvalue weighted by Gasteiger charge is 2.18. The van der Waals surface area contributed by atoms with Crippen molar-refractivity contribution in [3.8, 4) is 28.8 Å². The molecule has 0 atom stereocenters. The second-order valence-corrected chi connectivity index (χ2v) is 6.24. The molecule has 0 aliphatic carbocycles. The van der Waals surface area contributed by atoms with Gasteiger partial charge in [-0.15, -0.1) is 0 Å². The number of nitrogens with one attached hydrogen (secondary N) is 1. The van der Waals surface area contributed by atoms with Crippen molar-refractivity contribution in [1.29, 1.82) is 5.26 Å². The molecule has 0 spiro atoms. The first-order valence-corrected chi connectivity index (χ1v) is 8.27. The molecule has 0 amide bonds. The number of aromatic amines is 1. The van der Waals surface area contributed by atoms with Gasteiger partial charge < -0.3 is 15.8 Å². The smallest absolute Gasteiger partial charge is 0.270 e. The Morgan fingerprint density at radius 3 is 2.63 bits per heavy atom. The van der Waals surface area contributed by atoms with Crippen molar-refractivity contribution < 1.29 is 5.11 Å². The Kier molecular flexibility index (Phi) is 3.83. The molecule has 4 N–H and O–H groups in total. The molecule has 132 valence electrons. The fraction of sp³-hybridized carbons (Fsp3) is 0. The lowest BCUT2D eigenvalue weighted by atomic mass is 10.1. The van der Waals surface area contributed by atoms with E-state index in [1.807, 2.05) is 24.3 Å². The summed E-state index contributed by atoms with van der Waals surface area (Å²) in [5, 5.41) is 19.8. The lowest BCUT2D eigenvalue weighted by Gasteiger charge is -2.10. The monoisotopic (exact) mass is 377 g/mol. The first kappa shape index (κ1) is 16.7. The average molecular weight is 378 g/mol. The number of hydrogen-bond acceptors (Lipinski definition) is 5. The Morgan fingerprint density at radius 1 is 1.22 bits per heavy atom. The van der Waals surface area contributed by atoms with Crippen molar-refractivity contribution in [3.63, 3.8) is 0 Å². The maximum atomic E-state index is 11.9. The molecular weight excluding hydrogens is 366 g/mol. The van der Waals surface area contributed by atoms with E-state index in [9.17, 15) is 9.90 Å². The fourth-order valence-electron chi connectivity index (χ4n) is 2.97. The molecule has 0 unspecified atom stereocenters. The van der Waals surface area contributed by atoms with Gasteiger partial charge in [0, 0.05) is 11.3 Å². The first-order valence-electron chi connectivity index (χ1n) is 7.89. The van der Waals surface area contributed by atoms with E-state index in [4.69, 9.17) is 22.6 Å². The summed E-state index contributed by atoms with van der Waals surface area (Å²) in [7, 11) is 0. The van der Waals surface area contributed by atoms with Gasteiger partial charge in [0.2, 0.25) is 0 Å². The Balaban J connectivity index is 1.89. The number of aromatic hydroxyl groups is 1. The maximum absolute atomic E-state index is 11.9. The lowest BCUT2D eigenvalue weighted by Crippen LogP contribution is -2.10. The SMILES string of the molecule is N#Cc1c(O)c2c(cc(Cl)n2-c2ccc(-c3cccc(N)n3)cc2)[nH]c1=O. The second kappa shape index (κ2) is 6.20. The normalized spacial score (nSPS) is 10.8. The summed E-state index contributed by atoms with van der Waals surface area (Å²) in [5.41, 5.74) is 7.52. The van der Waals surface area contributed by atoms with Crippen molar-refractivity contribution in [3.05, 3.63) is 69.6 Å². The zero-order chi connectivity index (χ0) is 19.1. The van der Waals surface area contributed by atoms with Crippen LogP contribution in [-0.2, 0) is 0 Å². The van der Waals surface area contributed by atoms with Crippen LogP contribution in [0.3, 0.4) is 0 Å². The third-order valence-corrected chi connectivity index (χ3v) is 4.47. The molecule has 0 aliphatic heterocycles. The molecule has 4 aromatic rings. The van der Waals surface area contributed by atoms with E-state index in [0.717, 1.165) is 11.3 Å². The number of benzene rings is 1. The summed E-state index contributed by atoms with van der Waals surface area (Å²) >= 11 is 6.32. The molecule has 3 heterocycles. The van der Waals surface area contributed by atoms with Crippen LogP contribution in [0.2, 0.25) is 5.15 Å². The molecule has 0 saturated heterocycles. The molecule has 4 rings (SSSR count). The van der Waals surface area contributed by atoms with Gasteiger partial charge in [-0.25, -0.2) is 4.98 Å². The maximum Gasteiger partial charge on any atom is 0.270 e. The van der Waals surface area contributed by atoms with Crippen LogP contribution in [-0.4, -0.2) is 19.6 Å². The van der Waals surface area contributed by atoms with Crippen molar-refractivity contribution in [2.75, 3.05) is 5.73 Å². The summed E-state index contributed by atoms with van der Waals surface area (Å²) in [6.45, 7) is 0. The number of nitriles is 1. The molecule has 7 nitrogen and oxygen atoms in total. The summed E-state index contributed by atoms with van der Waals surface area (Å²) in [6, 6.07) is 15.9. The first-order chi connectivity index (χ1) is 13.0. The van der Waals surface area contributed by atoms with Gasteiger partial charge in [0.25, 0.3) is 5.56 Å². The number of nitrogens with two attached hydrogens (primary N) is 1. The van der Waals surface area contributed by atoms with Crippen molar-refractivity contribution in [1.82, 2.24) is 14.5 Å². The van der Waals surface area contributed by atoms with Crippen LogP contribution >= 0.6 is 11.6 Å². The van der Waals surface area contributed by atoms with E-state index in [2.05, 4.69) is 9.97 Å². The third kappa shape index (κ3) is 2.69. The largest absolute Gasteiger partial charge is 0.504 e. The molecule has 0 saturated carbocycles. The van der Waals surface area contributed by atoms with Crippen LogP contribution in [0.25, 0.3) is 28.0 Å². The van der Waals surface area contributed by atoms with Crippen LogP contribution in [0.5, 0.6) is 5.75 Å². The number of hydrogen-bond donors (Lipinski definition) is 3. The third-order valence-electron chi connectivity index (χ3n) is 4.20. The molecule has 27 heavy (non-hydrogen) atoms. The molecule has 0 aliphatic rings. The molecule has 8 heteroatoms. The zero-order valence-corrected chi connectivity index (χ0v) is 14.5. The summed E-state index contributed by atoms with van der Waals surface area (Å²) < 4.78 is 1.56. The standard InChI is InChI=1S/C19H12ClN5O2/c20-15-8-14-17(18(26)12(9-21)19(27)24-14)25(15)11-6-4-10(5-7-11)13-2-1-3-16(22)23-13/h1-8H,(H2,22,23)(H2,24,26,27). The number of pyridine rings is 2. The van der Waals surface area contributed by atoms with Crippen LogP contribution in [0.15, 0.2) is 53.3 Å². The fourth-order valence-corrected chi connectivity index (χ4v) is 3.26. The number of fused-ring (bicyclic) bond motifs is 1. The Labute approximate surface area is 157 Å². The van der Waals surface area contributed by atoms with Gasteiger partial charge in [0.05, 0.1) is 11.2 Å². The van der Waals surface area contributed by atoms with E-state index < -0.39 is 11.3 Å². The van der Waals surface area contributed by atoms with Gasteiger partial charge in [-0.2, -0.15) is 5.26 Å². The topological polar surface area (TPSA) is 121 Å². The molecule has 0 fully saturated rings.